The number of fused-ring (bicyclic) bond motifs is 3. The van der Waals surface area contributed by atoms with Crippen LogP contribution in [0.3, 0.4) is 0 Å². The molecule has 3 aromatic heterocycles. The molecule has 0 spiro atoms. The van der Waals surface area contributed by atoms with Gasteiger partial charge >= 0.3 is 0 Å². The Hall–Kier alpha value is -3.52. The smallest absolute Gasteiger partial charge is 0.163 e. The molecule has 8 heteroatoms. The standard InChI is InChI=1S/C32H32ClN5O2/c1-32(2)39-29-23(16-27(30(29)40-32)38-14-13-24-18-34-19-36-31(24)38)8-4-20-3-7-22-9-12-28(37-26(22)15-20)35-17-21-5-10-25(33)11-6-21/h3,5-7,9-15,18-19,23,27,29-30H,4,8,16-17H2,1-2H3,(H,35,37)/t23-,27+,29+,30-/m0/s1. The fraction of sp³-hybridized carbons (Fsp3) is 0.344. The Morgan fingerprint density at radius 3 is 2.65 bits per heavy atom. The van der Waals surface area contributed by atoms with Crippen LogP contribution >= 0.6 is 11.6 Å². The molecular formula is C32H32ClN5O2. The Morgan fingerprint density at radius 2 is 1.77 bits per heavy atom. The molecule has 0 amide bonds. The molecule has 0 unspecified atom stereocenters. The summed E-state index contributed by atoms with van der Waals surface area (Å²) in [6.07, 6.45) is 8.62. The van der Waals surface area contributed by atoms with E-state index in [1.54, 1.807) is 6.33 Å². The van der Waals surface area contributed by atoms with Crippen LogP contribution in [0.25, 0.3) is 21.9 Å². The third-order valence-corrected chi connectivity index (χ3v) is 8.49. The number of rotatable bonds is 7. The molecule has 40 heavy (non-hydrogen) atoms. The Kier molecular flexibility index (Phi) is 6.45. The first-order valence-corrected chi connectivity index (χ1v) is 14.3. The van der Waals surface area contributed by atoms with Gasteiger partial charge in [-0.05, 0) is 86.6 Å². The summed E-state index contributed by atoms with van der Waals surface area (Å²) in [7, 11) is 0. The minimum atomic E-state index is -0.591. The first-order valence-electron chi connectivity index (χ1n) is 13.9. The fourth-order valence-electron chi connectivity index (χ4n) is 6.34. The van der Waals surface area contributed by atoms with E-state index in [1.165, 1.54) is 5.56 Å². The molecule has 7 nitrogen and oxygen atoms in total. The third kappa shape index (κ3) is 4.94. The maximum atomic E-state index is 6.47. The highest BCUT2D eigenvalue weighted by atomic mass is 35.5. The van der Waals surface area contributed by atoms with E-state index in [0.717, 1.165) is 57.6 Å². The quantitative estimate of drug-likeness (QED) is 0.235. The number of ether oxygens (including phenoxy) is 2. The van der Waals surface area contributed by atoms with Gasteiger partial charge in [0.1, 0.15) is 23.9 Å². The number of hydrogen-bond acceptors (Lipinski definition) is 6. The molecule has 1 saturated carbocycles. The summed E-state index contributed by atoms with van der Waals surface area (Å²) in [6.45, 7) is 4.73. The van der Waals surface area contributed by atoms with Crippen molar-refractivity contribution >= 4 is 39.4 Å². The highest BCUT2D eigenvalue weighted by Gasteiger charge is 2.54. The third-order valence-electron chi connectivity index (χ3n) is 8.23. The SMILES string of the molecule is CC1(C)O[C@@H]2[C@@H](CCc3ccc4ccc(NCc5ccc(Cl)cc5)nc4c3)C[C@@H](n3ccc4cncnc43)[C@@H]2O1. The van der Waals surface area contributed by atoms with Gasteiger partial charge in [0.05, 0.1) is 17.7 Å². The molecule has 0 bridgehead atoms. The van der Waals surface area contributed by atoms with Crippen LogP contribution in [0, 0.1) is 5.92 Å². The molecule has 4 heterocycles. The van der Waals surface area contributed by atoms with Crippen molar-refractivity contribution in [1.82, 2.24) is 19.5 Å². The van der Waals surface area contributed by atoms with Crippen LogP contribution in [0.4, 0.5) is 5.82 Å². The summed E-state index contributed by atoms with van der Waals surface area (Å²) in [5.74, 6) is 0.654. The Morgan fingerprint density at radius 1 is 0.975 bits per heavy atom. The van der Waals surface area contributed by atoms with Crippen LogP contribution < -0.4 is 5.32 Å². The van der Waals surface area contributed by atoms with Gasteiger partial charge in [-0.3, -0.25) is 0 Å². The summed E-state index contributed by atoms with van der Waals surface area (Å²) in [5.41, 5.74) is 4.40. The summed E-state index contributed by atoms with van der Waals surface area (Å²) < 4.78 is 15.2. The molecule has 1 aliphatic carbocycles. The zero-order chi connectivity index (χ0) is 27.3. The summed E-state index contributed by atoms with van der Waals surface area (Å²) in [4.78, 5) is 13.6. The van der Waals surface area contributed by atoms with Crippen LogP contribution in [0.2, 0.25) is 5.02 Å². The average molecular weight is 554 g/mol. The van der Waals surface area contributed by atoms with Crippen molar-refractivity contribution in [2.75, 3.05) is 5.32 Å². The molecule has 5 aromatic rings. The van der Waals surface area contributed by atoms with Gasteiger partial charge in [-0.1, -0.05) is 35.9 Å². The number of aromatic nitrogens is 4. The zero-order valence-electron chi connectivity index (χ0n) is 22.6. The number of hydrogen-bond donors (Lipinski definition) is 1. The number of nitrogens with one attached hydrogen (secondary N) is 1. The molecule has 0 radical (unpaired) electrons. The van der Waals surface area contributed by atoms with Gasteiger partial charge in [-0.25, -0.2) is 15.0 Å². The topological polar surface area (TPSA) is 74.1 Å². The zero-order valence-corrected chi connectivity index (χ0v) is 23.4. The Balaban J connectivity index is 1.07. The first kappa shape index (κ1) is 25.4. The number of benzene rings is 2. The maximum Gasteiger partial charge on any atom is 0.163 e. The molecule has 4 atom stereocenters. The van der Waals surface area contributed by atoms with E-state index < -0.39 is 5.79 Å². The minimum absolute atomic E-state index is 0.00175. The predicted octanol–water partition coefficient (Wildman–Crippen LogP) is 6.96. The second-order valence-corrected chi connectivity index (χ2v) is 11.8. The molecule has 1 saturated heterocycles. The molecule has 1 aliphatic heterocycles. The lowest BCUT2D eigenvalue weighted by atomic mass is 9.95. The van der Waals surface area contributed by atoms with E-state index >= 15 is 0 Å². The minimum Gasteiger partial charge on any atom is -0.366 e. The summed E-state index contributed by atoms with van der Waals surface area (Å²) >= 11 is 6.01. The van der Waals surface area contributed by atoms with Gasteiger partial charge in [0, 0.05) is 34.7 Å². The van der Waals surface area contributed by atoms with Crippen molar-refractivity contribution < 1.29 is 9.47 Å². The van der Waals surface area contributed by atoms with E-state index in [0.29, 0.717) is 12.5 Å². The highest BCUT2D eigenvalue weighted by molar-refractivity contribution is 6.30. The normalized spacial score (nSPS) is 23.6. The second-order valence-electron chi connectivity index (χ2n) is 11.4. The molecule has 1 N–H and O–H groups in total. The Bertz CT molecular complexity index is 1670. The maximum absolute atomic E-state index is 6.47. The van der Waals surface area contributed by atoms with Crippen LogP contribution in [0.5, 0.6) is 0 Å². The van der Waals surface area contributed by atoms with E-state index in [4.69, 9.17) is 26.1 Å². The monoisotopic (exact) mass is 553 g/mol. The van der Waals surface area contributed by atoms with Crippen LogP contribution in [-0.4, -0.2) is 37.5 Å². The van der Waals surface area contributed by atoms with E-state index in [1.807, 2.05) is 50.4 Å². The van der Waals surface area contributed by atoms with Crippen molar-refractivity contribution in [3.63, 3.8) is 0 Å². The largest absolute Gasteiger partial charge is 0.366 e. The first-order chi connectivity index (χ1) is 19.4. The lowest BCUT2D eigenvalue weighted by Crippen LogP contribution is -2.27. The molecule has 2 fully saturated rings. The van der Waals surface area contributed by atoms with Crippen molar-refractivity contribution in [2.45, 2.75) is 63.7 Å². The van der Waals surface area contributed by atoms with Gasteiger partial charge in [-0.15, -0.1) is 0 Å². The average Bonchev–Trinajstić information content (AvgIpc) is 3.62. The predicted molar refractivity (Wildman–Crippen MR) is 157 cm³/mol. The number of anilines is 1. The summed E-state index contributed by atoms with van der Waals surface area (Å²) in [6, 6.07) is 20.9. The molecular weight excluding hydrogens is 522 g/mol. The number of halogens is 1. The van der Waals surface area contributed by atoms with Gasteiger partial charge in [-0.2, -0.15) is 0 Å². The highest BCUT2D eigenvalue weighted by Crippen LogP contribution is 2.49. The van der Waals surface area contributed by atoms with E-state index in [9.17, 15) is 0 Å². The van der Waals surface area contributed by atoms with Gasteiger partial charge in [0.25, 0.3) is 0 Å². The van der Waals surface area contributed by atoms with Crippen LogP contribution in [0.15, 0.2) is 79.4 Å². The van der Waals surface area contributed by atoms with Gasteiger partial charge in [0.2, 0.25) is 0 Å². The molecule has 2 aliphatic rings. The van der Waals surface area contributed by atoms with Crippen molar-refractivity contribution in [1.29, 1.82) is 0 Å². The lowest BCUT2D eigenvalue weighted by Gasteiger charge is -2.24. The van der Waals surface area contributed by atoms with Gasteiger partial charge < -0.3 is 19.4 Å². The number of pyridine rings is 1. The second kappa shape index (κ2) is 10.1. The molecule has 7 rings (SSSR count). The van der Waals surface area contributed by atoms with E-state index in [-0.39, 0.29) is 18.2 Å². The van der Waals surface area contributed by atoms with Gasteiger partial charge in [0.15, 0.2) is 5.79 Å². The summed E-state index contributed by atoms with van der Waals surface area (Å²) in [5, 5.41) is 6.36. The van der Waals surface area contributed by atoms with Crippen LogP contribution in [-0.2, 0) is 22.4 Å². The lowest BCUT2D eigenvalue weighted by molar-refractivity contribution is -0.160. The molecule has 204 valence electrons. The fourth-order valence-corrected chi connectivity index (χ4v) is 6.47. The van der Waals surface area contributed by atoms with Crippen molar-refractivity contribution in [2.24, 2.45) is 5.92 Å². The molecule has 2 aromatic carbocycles. The number of aryl methyl sites for hydroxylation is 1. The number of nitrogens with zero attached hydrogens (tertiary/aromatic N) is 4. The van der Waals surface area contributed by atoms with Crippen molar-refractivity contribution in [3.05, 3.63) is 95.5 Å². The van der Waals surface area contributed by atoms with Crippen molar-refractivity contribution in [3.8, 4) is 0 Å². The van der Waals surface area contributed by atoms with E-state index in [2.05, 4.69) is 56.4 Å². The Labute approximate surface area is 238 Å². The van der Waals surface area contributed by atoms with Crippen LogP contribution in [0.1, 0.15) is 43.9 Å².